The van der Waals surface area contributed by atoms with E-state index in [1.54, 1.807) is 10.6 Å². The Balaban J connectivity index is 2.58. The van der Waals surface area contributed by atoms with Crippen LogP contribution in [0.4, 0.5) is 0 Å². The Labute approximate surface area is 99.6 Å². The third-order valence-electron chi connectivity index (χ3n) is 1.93. The molecule has 0 fully saturated rings. The van der Waals surface area contributed by atoms with E-state index in [2.05, 4.69) is 26.1 Å². The van der Waals surface area contributed by atoms with Gasteiger partial charge in [-0.3, -0.25) is 4.57 Å². The first-order chi connectivity index (χ1) is 7.22. The van der Waals surface area contributed by atoms with Crippen LogP contribution in [0.3, 0.4) is 0 Å². The van der Waals surface area contributed by atoms with Gasteiger partial charge in [-0.25, -0.2) is 0 Å². The van der Waals surface area contributed by atoms with Gasteiger partial charge in [0.05, 0.1) is 10.7 Å². The number of aliphatic hydroxyl groups is 1. The van der Waals surface area contributed by atoms with Crippen molar-refractivity contribution in [1.29, 1.82) is 0 Å². The lowest BCUT2D eigenvalue weighted by Crippen LogP contribution is -2.00. The van der Waals surface area contributed by atoms with Gasteiger partial charge in [-0.1, -0.05) is 27.5 Å². The lowest BCUT2D eigenvalue weighted by atomic mass is 10.3. The maximum atomic E-state index is 9.05. The molecule has 0 atom stereocenters. The van der Waals surface area contributed by atoms with Crippen molar-refractivity contribution in [1.82, 2.24) is 14.8 Å². The predicted octanol–water partition coefficient (Wildman–Crippen LogP) is 2.18. The summed E-state index contributed by atoms with van der Waals surface area (Å²) in [6.07, 6.45) is 1.51. The van der Waals surface area contributed by atoms with E-state index in [0.29, 0.717) is 10.8 Å². The quantitative estimate of drug-likeness (QED) is 0.921. The van der Waals surface area contributed by atoms with Crippen molar-refractivity contribution in [3.05, 3.63) is 39.8 Å². The van der Waals surface area contributed by atoms with Gasteiger partial charge in [0.1, 0.15) is 12.9 Å². The standard InChI is InChI=1S/C9H7BrClN3O/c10-6-1-2-7(11)8(3-6)14-5-12-13-9(14)4-15/h1-3,5,15H,4H2. The lowest BCUT2D eigenvalue weighted by Gasteiger charge is -2.07. The van der Waals surface area contributed by atoms with Gasteiger partial charge >= 0.3 is 0 Å². The van der Waals surface area contributed by atoms with Crippen LogP contribution in [0.2, 0.25) is 5.02 Å². The highest BCUT2D eigenvalue weighted by Gasteiger charge is 2.08. The van der Waals surface area contributed by atoms with Crippen LogP contribution in [0, 0.1) is 0 Å². The van der Waals surface area contributed by atoms with Crippen LogP contribution in [0.5, 0.6) is 0 Å². The van der Waals surface area contributed by atoms with Crippen molar-refractivity contribution in [2.45, 2.75) is 6.61 Å². The average molecular weight is 289 g/mol. The highest BCUT2D eigenvalue weighted by Crippen LogP contribution is 2.25. The number of rotatable bonds is 2. The van der Waals surface area contributed by atoms with Crippen LogP contribution < -0.4 is 0 Å². The van der Waals surface area contributed by atoms with Crippen molar-refractivity contribution in [2.75, 3.05) is 0 Å². The summed E-state index contributed by atoms with van der Waals surface area (Å²) in [5.41, 5.74) is 0.736. The Morgan fingerprint density at radius 1 is 1.47 bits per heavy atom. The Hall–Kier alpha value is -0.910. The number of halogens is 2. The molecule has 2 aromatic rings. The van der Waals surface area contributed by atoms with Gasteiger partial charge in [-0.05, 0) is 18.2 Å². The molecule has 0 spiro atoms. The van der Waals surface area contributed by atoms with Crippen molar-refractivity contribution < 1.29 is 5.11 Å². The molecule has 0 saturated heterocycles. The van der Waals surface area contributed by atoms with Crippen LogP contribution in [-0.4, -0.2) is 19.9 Å². The summed E-state index contributed by atoms with van der Waals surface area (Å²) in [4.78, 5) is 0. The first kappa shape index (κ1) is 10.6. The molecule has 0 amide bonds. The molecular formula is C9H7BrClN3O. The van der Waals surface area contributed by atoms with Crippen molar-refractivity contribution in [2.24, 2.45) is 0 Å². The smallest absolute Gasteiger partial charge is 0.163 e. The van der Waals surface area contributed by atoms with Crippen LogP contribution in [-0.2, 0) is 6.61 Å². The van der Waals surface area contributed by atoms with Gasteiger partial charge in [0.15, 0.2) is 5.82 Å². The minimum atomic E-state index is -0.178. The number of benzene rings is 1. The second-order valence-electron chi connectivity index (χ2n) is 2.87. The summed E-state index contributed by atoms with van der Waals surface area (Å²) in [6.45, 7) is -0.178. The van der Waals surface area contributed by atoms with Gasteiger partial charge in [0.2, 0.25) is 0 Å². The molecule has 0 radical (unpaired) electrons. The van der Waals surface area contributed by atoms with E-state index in [1.807, 2.05) is 12.1 Å². The molecule has 0 aliphatic rings. The molecule has 0 unspecified atom stereocenters. The molecule has 78 valence electrons. The fourth-order valence-corrected chi connectivity index (χ4v) is 1.80. The average Bonchev–Trinajstić information content (AvgIpc) is 2.69. The number of nitrogens with zero attached hydrogens (tertiary/aromatic N) is 3. The van der Waals surface area contributed by atoms with Gasteiger partial charge in [-0.15, -0.1) is 10.2 Å². The third kappa shape index (κ3) is 2.04. The second kappa shape index (κ2) is 4.30. The molecule has 4 nitrogen and oxygen atoms in total. The number of aliphatic hydroxyl groups excluding tert-OH is 1. The largest absolute Gasteiger partial charge is 0.388 e. The zero-order valence-corrected chi connectivity index (χ0v) is 9.90. The Bertz CT molecular complexity index is 486. The third-order valence-corrected chi connectivity index (χ3v) is 2.74. The lowest BCUT2D eigenvalue weighted by molar-refractivity contribution is 0.269. The Morgan fingerprint density at radius 3 is 3.00 bits per heavy atom. The molecular weight excluding hydrogens is 281 g/mol. The highest BCUT2D eigenvalue weighted by atomic mass is 79.9. The summed E-state index contributed by atoms with van der Waals surface area (Å²) in [5, 5.41) is 17.1. The van der Waals surface area contributed by atoms with Crippen LogP contribution in [0.15, 0.2) is 29.0 Å². The second-order valence-corrected chi connectivity index (χ2v) is 4.19. The van der Waals surface area contributed by atoms with E-state index >= 15 is 0 Å². The first-order valence-electron chi connectivity index (χ1n) is 4.17. The van der Waals surface area contributed by atoms with Gasteiger partial charge in [0, 0.05) is 4.47 Å². The van der Waals surface area contributed by atoms with Crippen LogP contribution >= 0.6 is 27.5 Å². The summed E-state index contributed by atoms with van der Waals surface area (Å²) in [6, 6.07) is 5.45. The van der Waals surface area contributed by atoms with Gasteiger partial charge < -0.3 is 5.11 Å². The minimum absolute atomic E-state index is 0.178. The monoisotopic (exact) mass is 287 g/mol. The molecule has 0 aliphatic heterocycles. The summed E-state index contributed by atoms with van der Waals surface area (Å²) < 4.78 is 2.55. The SMILES string of the molecule is OCc1nncn1-c1cc(Br)ccc1Cl. The number of hydrogen-bond donors (Lipinski definition) is 1. The van der Waals surface area contributed by atoms with E-state index in [9.17, 15) is 0 Å². The predicted molar refractivity (Wildman–Crippen MR) is 60.0 cm³/mol. The molecule has 1 heterocycles. The molecule has 1 N–H and O–H groups in total. The van der Waals surface area contributed by atoms with Crippen molar-refractivity contribution in [3.63, 3.8) is 0 Å². The van der Waals surface area contributed by atoms with Crippen LogP contribution in [0.25, 0.3) is 5.69 Å². The topological polar surface area (TPSA) is 50.9 Å². The number of hydrogen-bond acceptors (Lipinski definition) is 3. The fraction of sp³-hybridized carbons (Fsp3) is 0.111. The van der Waals surface area contributed by atoms with Crippen molar-refractivity contribution >= 4 is 27.5 Å². The molecule has 1 aromatic carbocycles. The van der Waals surface area contributed by atoms with Gasteiger partial charge in [0.25, 0.3) is 0 Å². The number of aromatic nitrogens is 3. The van der Waals surface area contributed by atoms with Crippen LogP contribution in [0.1, 0.15) is 5.82 Å². The molecule has 2 rings (SSSR count). The van der Waals surface area contributed by atoms with E-state index < -0.39 is 0 Å². The minimum Gasteiger partial charge on any atom is -0.388 e. The van der Waals surface area contributed by atoms with Gasteiger partial charge in [-0.2, -0.15) is 0 Å². The fourth-order valence-electron chi connectivity index (χ4n) is 1.24. The zero-order chi connectivity index (χ0) is 10.8. The molecule has 1 aromatic heterocycles. The molecule has 15 heavy (non-hydrogen) atoms. The molecule has 0 bridgehead atoms. The van der Waals surface area contributed by atoms with E-state index in [1.165, 1.54) is 6.33 Å². The zero-order valence-electron chi connectivity index (χ0n) is 7.56. The Morgan fingerprint density at radius 2 is 2.27 bits per heavy atom. The van der Waals surface area contributed by atoms with Crippen molar-refractivity contribution in [3.8, 4) is 5.69 Å². The summed E-state index contributed by atoms with van der Waals surface area (Å²) in [7, 11) is 0. The normalized spacial score (nSPS) is 10.6. The molecule has 6 heteroatoms. The van der Waals surface area contributed by atoms with E-state index in [0.717, 1.165) is 10.2 Å². The highest BCUT2D eigenvalue weighted by molar-refractivity contribution is 9.10. The molecule has 0 aliphatic carbocycles. The first-order valence-corrected chi connectivity index (χ1v) is 5.34. The van der Waals surface area contributed by atoms with E-state index in [-0.39, 0.29) is 6.61 Å². The summed E-state index contributed by atoms with van der Waals surface area (Å²) >= 11 is 9.39. The summed E-state index contributed by atoms with van der Waals surface area (Å²) in [5.74, 6) is 0.454. The maximum absolute atomic E-state index is 9.05. The molecule has 0 saturated carbocycles. The maximum Gasteiger partial charge on any atom is 0.163 e. The van der Waals surface area contributed by atoms with E-state index in [4.69, 9.17) is 16.7 Å². The Kier molecular flexibility index (Phi) is 3.04.